The zero-order valence-electron chi connectivity index (χ0n) is 8.18. The number of benzene rings is 1. The maximum atomic E-state index is 13.3. The zero-order chi connectivity index (χ0) is 11.7. The molecule has 0 bridgehead atoms. The normalized spacial score (nSPS) is 20.1. The lowest BCUT2D eigenvalue weighted by Gasteiger charge is -2.17. The van der Waals surface area contributed by atoms with Crippen LogP contribution in [-0.4, -0.2) is 28.2 Å². The Hall–Kier alpha value is -1.95. The van der Waals surface area contributed by atoms with Gasteiger partial charge in [-0.15, -0.1) is 0 Å². The second kappa shape index (κ2) is 3.90. The number of hydrogen-bond donors (Lipinski definition) is 2. The molecule has 3 amide bonds. The van der Waals surface area contributed by atoms with Crippen LogP contribution in [-0.2, 0) is 11.3 Å². The number of nitrogens with zero attached hydrogens (tertiary/aromatic N) is 1. The molecule has 1 aromatic carbocycles. The van der Waals surface area contributed by atoms with Gasteiger partial charge in [0, 0.05) is 5.56 Å². The molecule has 2 rings (SSSR count). The molecule has 0 spiro atoms. The highest BCUT2D eigenvalue weighted by Crippen LogP contribution is 2.14. The van der Waals surface area contributed by atoms with Gasteiger partial charge in [0.05, 0.1) is 6.54 Å². The van der Waals surface area contributed by atoms with Crippen molar-refractivity contribution in [3.05, 3.63) is 35.6 Å². The molecule has 1 aliphatic rings. The van der Waals surface area contributed by atoms with Crippen LogP contribution in [0.2, 0.25) is 0 Å². The lowest BCUT2D eigenvalue weighted by atomic mass is 10.2. The van der Waals surface area contributed by atoms with Crippen LogP contribution in [0.15, 0.2) is 24.3 Å². The van der Waals surface area contributed by atoms with Crippen molar-refractivity contribution in [3.63, 3.8) is 0 Å². The summed E-state index contributed by atoms with van der Waals surface area (Å²) in [5.74, 6) is -1.27. The number of aliphatic hydroxyl groups excluding tert-OH is 1. The fraction of sp³-hybridized carbons (Fsp3) is 0.200. The van der Waals surface area contributed by atoms with E-state index < -0.39 is 24.0 Å². The number of hydrogen-bond acceptors (Lipinski definition) is 3. The molecule has 84 valence electrons. The fourth-order valence-corrected chi connectivity index (χ4v) is 1.46. The summed E-state index contributed by atoms with van der Waals surface area (Å²) in [6.45, 7) is -0.147. The van der Waals surface area contributed by atoms with E-state index in [4.69, 9.17) is 0 Å². The van der Waals surface area contributed by atoms with Gasteiger partial charge in [-0.2, -0.15) is 0 Å². The highest BCUT2D eigenvalue weighted by atomic mass is 19.1. The van der Waals surface area contributed by atoms with E-state index in [-0.39, 0.29) is 12.1 Å². The van der Waals surface area contributed by atoms with Crippen LogP contribution in [0.25, 0.3) is 0 Å². The number of rotatable bonds is 2. The Morgan fingerprint density at radius 1 is 1.38 bits per heavy atom. The maximum Gasteiger partial charge on any atom is 0.326 e. The van der Waals surface area contributed by atoms with Gasteiger partial charge < -0.3 is 5.11 Å². The molecule has 0 aromatic heterocycles. The summed E-state index contributed by atoms with van der Waals surface area (Å²) in [7, 11) is 0. The first-order valence-corrected chi connectivity index (χ1v) is 4.62. The fourth-order valence-electron chi connectivity index (χ4n) is 1.46. The molecule has 1 atom stereocenters. The molecular formula is C10H9FN2O3. The van der Waals surface area contributed by atoms with E-state index in [1.807, 2.05) is 5.32 Å². The Morgan fingerprint density at radius 2 is 2.06 bits per heavy atom. The summed E-state index contributed by atoms with van der Waals surface area (Å²) in [6.07, 6.45) is -1.55. The molecule has 6 heteroatoms. The monoisotopic (exact) mass is 224 g/mol. The molecule has 1 aromatic rings. The predicted octanol–water partition coefficient (Wildman–Crippen LogP) is 0.196. The summed E-state index contributed by atoms with van der Waals surface area (Å²) in [5, 5.41) is 11.3. The van der Waals surface area contributed by atoms with Crippen molar-refractivity contribution in [2.75, 3.05) is 0 Å². The van der Waals surface area contributed by atoms with Gasteiger partial charge in [0.15, 0.2) is 0 Å². The van der Waals surface area contributed by atoms with Crippen LogP contribution >= 0.6 is 0 Å². The Bertz CT molecular complexity index is 449. The number of carbonyl (C=O) groups excluding carboxylic acids is 2. The summed E-state index contributed by atoms with van der Waals surface area (Å²) >= 11 is 0. The average molecular weight is 224 g/mol. The van der Waals surface area contributed by atoms with E-state index in [1.54, 1.807) is 6.07 Å². The molecule has 1 heterocycles. The molecule has 1 aliphatic heterocycles. The minimum atomic E-state index is -1.55. The zero-order valence-corrected chi connectivity index (χ0v) is 8.18. The third kappa shape index (κ3) is 1.74. The number of imide groups is 1. The first kappa shape index (κ1) is 10.6. The van der Waals surface area contributed by atoms with Crippen LogP contribution in [0.1, 0.15) is 5.56 Å². The first-order chi connectivity index (χ1) is 7.59. The molecule has 0 aliphatic carbocycles. The van der Waals surface area contributed by atoms with E-state index in [0.717, 1.165) is 4.90 Å². The predicted molar refractivity (Wildman–Crippen MR) is 51.5 cm³/mol. The van der Waals surface area contributed by atoms with Crippen LogP contribution < -0.4 is 5.32 Å². The standard InChI is InChI=1S/C10H9FN2O3/c11-7-4-2-1-3-6(7)5-13-9(15)8(14)12-10(13)16/h1-4,9,15H,5H2,(H,12,14,16). The summed E-state index contributed by atoms with van der Waals surface area (Å²) in [6, 6.07) is 5.14. The number of urea groups is 1. The number of aliphatic hydroxyl groups is 1. The van der Waals surface area contributed by atoms with Gasteiger partial charge in [-0.25, -0.2) is 9.18 Å². The average Bonchev–Trinajstić information content (AvgIpc) is 2.48. The highest BCUT2D eigenvalue weighted by molar-refractivity contribution is 6.03. The number of halogens is 1. The number of nitrogens with one attached hydrogen (secondary N) is 1. The van der Waals surface area contributed by atoms with Crippen molar-refractivity contribution in [1.82, 2.24) is 10.2 Å². The van der Waals surface area contributed by atoms with E-state index in [0.29, 0.717) is 0 Å². The first-order valence-electron chi connectivity index (χ1n) is 4.62. The topological polar surface area (TPSA) is 69.6 Å². The third-order valence-electron chi connectivity index (χ3n) is 2.32. The number of amides is 3. The van der Waals surface area contributed by atoms with E-state index in [2.05, 4.69) is 0 Å². The maximum absolute atomic E-state index is 13.3. The van der Waals surface area contributed by atoms with E-state index in [9.17, 15) is 19.1 Å². The van der Waals surface area contributed by atoms with Crippen LogP contribution in [0.5, 0.6) is 0 Å². The Labute approximate surface area is 90.5 Å². The van der Waals surface area contributed by atoms with Crippen molar-refractivity contribution in [3.8, 4) is 0 Å². The van der Waals surface area contributed by atoms with Gasteiger partial charge in [-0.05, 0) is 6.07 Å². The molecule has 0 saturated carbocycles. The van der Waals surface area contributed by atoms with Crippen molar-refractivity contribution in [2.45, 2.75) is 12.8 Å². The highest BCUT2D eigenvalue weighted by Gasteiger charge is 2.36. The Balaban J connectivity index is 2.19. The Morgan fingerprint density at radius 3 is 2.62 bits per heavy atom. The van der Waals surface area contributed by atoms with Crippen molar-refractivity contribution >= 4 is 11.9 Å². The van der Waals surface area contributed by atoms with Gasteiger partial charge in [-0.3, -0.25) is 15.0 Å². The molecular weight excluding hydrogens is 215 g/mol. The van der Waals surface area contributed by atoms with E-state index in [1.165, 1.54) is 18.2 Å². The van der Waals surface area contributed by atoms with Crippen LogP contribution in [0.4, 0.5) is 9.18 Å². The van der Waals surface area contributed by atoms with Crippen LogP contribution in [0.3, 0.4) is 0 Å². The van der Waals surface area contributed by atoms with E-state index >= 15 is 0 Å². The van der Waals surface area contributed by atoms with Gasteiger partial charge in [-0.1, -0.05) is 18.2 Å². The summed E-state index contributed by atoms with van der Waals surface area (Å²) < 4.78 is 13.3. The SMILES string of the molecule is O=C1NC(=O)N(Cc2ccccc2F)C1O. The lowest BCUT2D eigenvalue weighted by molar-refractivity contribution is -0.130. The quantitative estimate of drug-likeness (QED) is 0.705. The third-order valence-corrected chi connectivity index (χ3v) is 2.32. The van der Waals surface area contributed by atoms with Crippen molar-refractivity contribution < 1.29 is 19.1 Å². The second-order valence-electron chi connectivity index (χ2n) is 3.39. The molecule has 5 nitrogen and oxygen atoms in total. The lowest BCUT2D eigenvalue weighted by Crippen LogP contribution is -2.34. The molecule has 1 fully saturated rings. The minimum absolute atomic E-state index is 0.147. The molecule has 1 unspecified atom stereocenters. The molecule has 2 N–H and O–H groups in total. The van der Waals surface area contributed by atoms with Gasteiger partial charge >= 0.3 is 6.03 Å². The van der Waals surface area contributed by atoms with Gasteiger partial charge in [0.2, 0.25) is 6.23 Å². The smallest absolute Gasteiger partial charge is 0.326 e. The van der Waals surface area contributed by atoms with Gasteiger partial charge in [0.25, 0.3) is 5.91 Å². The molecule has 16 heavy (non-hydrogen) atoms. The molecule has 1 saturated heterocycles. The summed E-state index contributed by atoms with van der Waals surface area (Å²) in [4.78, 5) is 23.0. The van der Waals surface area contributed by atoms with Gasteiger partial charge in [0.1, 0.15) is 5.82 Å². The van der Waals surface area contributed by atoms with Crippen molar-refractivity contribution in [2.24, 2.45) is 0 Å². The molecule has 0 radical (unpaired) electrons. The van der Waals surface area contributed by atoms with Crippen LogP contribution in [0, 0.1) is 5.82 Å². The Kier molecular flexibility index (Phi) is 2.57. The second-order valence-corrected chi connectivity index (χ2v) is 3.39. The number of carbonyl (C=O) groups is 2. The minimum Gasteiger partial charge on any atom is -0.365 e. The summed E-state index contributed by atoms with van der Waals surface area (Å²) in [5.41, 5.74) is 0.242. The van der Waals surface area contributed by atoms with Crippen molar-refractivity contribution in [1.29, 1.82) is 0 Å². The largest absolute Gasteiger partial charge is 0.365 e.